The molecule has 0 aliphatic rings. The van der Waals surface area contributed by atoms with Crippen LogP contribution in [0.5, 0.6) is 0 Å². The standard InChI is InChI=1S/C15H12ClF2N3/c16-8-14-20-15-12(18)6-11(17)7-13(15)21(14)5-3-10-2-1-4-19-9-10/h1-2,4,6-7,9H,3,5,8H2. The van der Waals surface area contributed by atoms with Crippen LogP contribution in [0.15, 0.2) is 36.7 Å². The lowest BCUT2D eigenvalue weighted by Crippen LogP contribution is -2.05. The lowest BCUT2D eigenvalue weighted by molar-refractivity contribution is 0.589. The number of aryl methyl sites for hydroxylation is 2. The summed E-state index contributed by atoms with van der Waals surface area (Å²) in [4.78, 5) is 8.20. The monoisotopic (exact) mass is 307 g/mol. The van der Waals surface area contributed by atoms with Crippen LogP contribution >= 0.6 is 11.6 Å². The number of rotatable bonds is 4. The number of aromatic nitrogens is 3. The first kappa shape index (κ1) is 13.9. The molecule has 0 bridgehead atoms. The molecule has 0 aliphatic carbocycles. The van der Waals surface area contributed by atoms with Crippen LogP contribution in [0, 0.1) is 11.6 Å². The highest BCUT2D eigenvalue weighted by Crippen LogP contribution is 2.22. The van der Waals surface area contributed by atoms with Gasteiger partial charge in [0.2, 0.25) is 0 Å². The molecular weight excluding hydrogens is 296 g/mol. The van der Waals surface area contributed by atoms with Gasteiger partial charge in [-0.25, -0.2) is 13.8 Å². The number of alkyl halides is 1. The summed E-state index contributed by atoms with van der Waals surface area (Å²) in [6.07, 6.45) is 4.15. The van der Waals surface area contributed by atoms with Gasteiger partial charge in [0.1, 0.15) is 17.2 Å². The van der Waals surface area contributed by atoms with E-state index in [2.05, 4.69) is 9.97 Å². The Morgan fingerprint density at radius 3 is 2.81 bits per heavy atom. The highest BCUT2D eigenvalue weighted by molar-refractivity contribution is 6.16. The van der Waals surface area contributed by atoms with Gasteiger partial charge in [-0.15, -0.1) is 11.6 Å². The summed E-state index contributed by atoms with van der Waals surface area (Å²) < 4.78 is 29.0. The fourth-order valence-corrected chi connectivity index (χ4v) is 2.54. The second-order valence-corrected chi connectivity index (χ2v) is 4.95. The van der Waals surface area contributed by atoms with E-state index in [0.717, 1.165) is 11.6 Å². The van der Waals surface area contributed by atoms with E-state index in [4.69, 9.17) is 11.6 Å². The van der Waals surface area contributed by atoms with Gasteiger partial charge < -0.3 is 4.57 Å². The van der Waals surface area contributed by atoms with Crippen molar-refractivity contribution in [1.82, 2.24) is 14.5 Å². The topological polar surface area (TPSA) is 30.7 Å². The molecule has 2 heterocycles. The molecule has 0 amide bonds. The molecule has 0 atom stereocenters. The summed E-state index contributed by atoms with van der Waals surface area (Å²) in [7, 11) is 0. The second-order valence-electron chi connectivity index (χ2n) is 4.68. The number of halogens is 3. The lowest BCUT2D eigenvalue weighted by atomic mass is 10.2. The van der Waals surface area contributed by atoms with Crippen LogP contribution in [-0.4, -0.2) is 14.5 Å². The lowest BCUT2D eigenvalue weighted by Gasteiger charge is -2.07. The number of nitrogens with zero attached hydrogens (tertiary/aromatic N) is 3. The maximum Gasteiger partial charge on any atom is 0.153 e. The summed E-state index contributed by atoms with van der Waals surface area (Å²) in [5.41, 5.74) is 1.61. The Hall–Kier alpha value is -2.01. The zero-order chi connectivity index (χ0) is 14.8. The van der Waals surface area contributed by atoms with Crippen LogP contribution in [-0.2, 0) is 18.8 Å². The number of hydrogen-bond acceptors (Lipinski definition) is 2. The zero-order valence-corrected chi connectivity index (χ0v) is 11.8. The fourth-order valence-electron chi connectivity index (χ4n) is 2.34. The quantitative estimate of drug-likeness (QED) is 0.688. The highest BCUT2D eigenvalue weighted by Gasteiger charge is 2.15. The van der Waals surface area contributed by atoms with Crippen molar-refractivity contribution in [2.24, 2.45) is 0 Å². The molecule has 21 heavy (non-hydrogen) atoms. The van der Waals surface area contributed by atoms with Gasteiger partial charge in [-0.1, -0.05) is 6.07 Å². The first-order valence-corrected chi connectivity index (χ1v) is 7.01. The van der Waals surface area contributed by atoms with Crippen molar-refractivity contribution < 1.29 is 8.78 Å². The van der Waals surface area contributed by atoms with Crippen molar-refractivity contribution in [3.63, 3.8) is 0 Å². The van der Waals surface area contributed by atoms with Gasteiger partial charge in [0.25, 0.3) is 0 Å². The van der Waals surface area contributed by atoms with E-state index in [-0.39, 0.29) is 11.4 Å². The molecule has 3 aromatic rings. The predicted octanol–water partition coefficient (Wildman–Crippen LogP) is 3.69. The third-order valence-corrected chi connectivity index (χ3v) is 3.56. The Kier molecular flexibility index (Phi) is 3.84. The van der Waals surface area contributed by atoms with Crippen LogP contribution in [0.1, 0.15) is 11.4 Å². The summed E-state index contributed by atoms with van der Waals surface area (Å²) >= 11 is 5.87. The summed E-state index contributed by atoms with van der Waals surface area (Å²) in [5.74, 6) is -0.622. The molecule has 6 heteroatoms. The van der Waals surface area contributed by atoms with Crippen molar-refractivity contribution in [3.8, 4) is 0 Å². The Balaban J connectivity index is 2.00. The summed E-state index contributed by atoms with van der Waals surface area (Å²) in [6.45, 7) is 0.535. The van der Waals surface area contributed by atoms with E-state index in [9.17, 15) is 8.78 Å². The number of pyridine rings is 1. The number of fused-ring (bicyclic) bond motifs is 1. The van der Waals surface area contributed by atoms with Crippen LogP contribution in [0.3, 0.4) is 0 Å². The third kappa shape index (κ3) is 2.74. The molecule has 1 aromatic carbocycles. The van der Waals surface area contributed by atoms with Gasteiger partial charge in [0, 0.05) is 25.0 Å². The Bertz CT molecular complexity index is 771. The third-order valence-electron chi connectivity index (χ3n) is 3.32. The fraction of sp³-hybridized carbons (Fsp3) is 0.200. The van der Waals surface area contributed by atoms with Crippen LogP contribution in [0.25, 0.3) is 11.0 Å². The molecule has 2 aromatic heterocycles. The van der Waals surface area contributed by atoms with Crippen LogP contribution < -0.4 is 0 Å². The Labute approximate surface area is 125 Å². The molecule has 3 rings (SSSR count). The van der Waals surface area contributed by atoms with E-state index < -0.39 is 11.6 Å². The van der Waals surface area contributed by atoms with Crippen LogP contribution in [0.2, 0.25) is 0 Å². The van der Waals surface area contributed by atoms with E-state index >= 15 is 0 Å². The van der Waals surface area contributed by atoms with Crippen molar-refractivity contribution >= 4 is 22.6 Å². The van der Waals surface area contributed by atoms with E-state index in [1.807, 2.05) is 12.1 Å². The molecular formula is C15H12ClF2N3. The molecule has 0 spiro atoms. The number of benzene rings is 1. The van der Waals surface area contributed by atoms with Gasteiger partial charge >= 0.3 is 0 Å². The highest BCUT2D eigenvalue weighted by atomic mass is 35.5. The Morgan fingerprint density at radius 2 is 2.10 bits per heavy atom. The van der Waals surface area contributed by atoms with Crippen LogP contribution in [0.4, 0.5) is 8.78 Å². The first-order chi connectivity index (χ1) is 10.2. The number of hydrogen-bond donors (Lipinski definition) is 0. The molecule has 0 radical (unpaired) electrons. The minimum Gasteiger partial charge on any atom is -0.326 e. The van der Waals surface area contributed by atoms with Gasteiger partial charge in [-0.05, 0) is 24.1 Å². The SMILES string of the molecule is Fc1cc(F)c2nc(CCl)n(CCc3cccnc3)c2c1. The molecule has 108 valence electrons. The minimum absolute atomic E-state index is 0.142. The molecule has 0 N–H and O–H groups in total. The van der Waals surface area contributed by atoms with Crippen molar-refractivity contribution in [3.05, 3.63) is 59.7 Å². The largest absolute Gasteiger partial charge is 0.326 e. The molecule has 0 fully saturated rings. The smallest absolute Gasteiger partial charge is 0.153 e. The van der Waals surface area contributed by atoms with Crippen molar-refractivity contribution in [2.75, 3.05) is 0 Å². The van der Waals surface area contributed by atoms with Gasteiger partial charge in [-0.3, -0.25) is 4.98 Å². The first-order valence-electron chi connectivity index (χ1n) is 6.48. The molecule has 0 aliphatic heterocycles. The predicted molar refractivity (Wildman–Crippen MR) is 77.1 cm³/mol. The minimum atomic E-state index is -0.670. The van der Waals surface area contributed by atoms with E-state index in [0.29, 0.717) is 24.3 Å². The normalized spacial score (nSPS) is 11.2. The molecule has 3 nitrogen and oxygen atoms in total. The molecule has 0 unspecified atom stereocenters. The number of imidazole rings is 1. The maximum absolute atomic E-state index is 13.8. The van der Waals surface area contributed by atoms with Gasteiger partial charge in [0.05, 0.1) is 11.4 Å². The van der Waals surface area contributed by atoms with Crippen molar-refractivity contribution in [1.29, 1.82) is 0 Å². The van der Waals surface area contributed by atoms with Crippen molar-refractivity contribution in [2.45, 2.75) is 18.8 Å². The van der Waals surface area contributed by atoms with E-state index in [1.54, 1.807) is 17.0 Å². The molecule has 0 saturated heterocycles. The Morgan fingerprint density at radius 1 is 1.24 bits per heavy atom. The summed E-state index contributed by atoms with van der Waals surface area (Å²) in [6, 6.07) is 5.92. The summed E-state index contributed by atoms with van der Waals surface area (Å²) in [5, 5.41) is 0. The second kappa shape index (κ2) is 5.77. The maximum atomic E-state index is 13.8. The average Bonchev–Trinajstić information content (AvgIpc) is 2.84. The van der Waals surface area contributed by atoms with Gasteiger partial charge in [0.15, 0.2) is 5.82 Å². The molecule has 0 saturated carbocycles. The average molecular weight is 308 g/mol. The van der Waals surface area contributed by atoms with Gasteiger partial charge in [-0.2, -0.15) is 0 Å². The van der Waals surface area contributed by atoms with E-state index in [1.165, 1.54) is 6.07 Å². The zero-order valence-electron chi connectivity index (χ0n) is 11.1.